The molecule has 0 aliphatic carbocycles. The topological polar surface area (TPSA) is 42.0 Å². The molecule has 5 heteroatoms. The lowest BCUT2D eigenvalue weighted by atomic mass is 10.1. The van der Waals surface area contributed by atoms with Crippen LogP contribution in [0.4, 0.5) is 9.52 Å². The second-order valence-electron chi connectivity index (χ2n) is 5.12. The average molecular weight is 314 g/mol. The summed E-state index contributed by atoms with van der Waals surface area (Å²) < 4.78 is 14.1. The average Bonchev–Trinajstić information content (AvgIpc) is 2.89. The van der Waals surface area contributed by atoms with Crippen molar-refractivity contribution in [3.8, 4) is 0 Å². The Morgan fingerprint density at radius 2 is 2.09 bits per heavy atom. The highest BCUT2D eigenvalue weighted by molar-refractivity contribution is 7.22. The number of anilines is 1. The number of para-hydroxylation sites is 1. The van der Waals surface area contributed by atoms with Gasteiger partial charge in [-0.25, -0.2) is 9.37 Å². The molecule has 0 atom stereocenters. The van der Waals surface area contributed by atoms with Crippen molar-refractivity contribution >= 4 is 32.6 Å². The van der Waals surface area contributed by atoms with Crippen LogP contribution in [0.1, 0.15) is 17.5 Å². The van der Waals surface area contributed by atoms with Crippen LogP contribution < -0.4 is 5.32 Å². The molecule has 1 aromatic heterocycles. The number of rotatable bonds is 4. The number of hydrogen-bond acceptors (Lipinski definition) is 3. The van der Waals surface area contributed by atoms with E-state index < -0.39 is 0 Å². The maximum absolute atomic E-state index is 13.1. The first-order chi connectivity index (χ1) is 10.6. The quantitative estimate of drug-likeness (QED) is 0.779. The lowest BCUT2D eigenvalue weighted by molar-refractivity contribution is -0.116. The molecule has 1 N–H and O–H groups in total. The molecule has 0 saturated carbocycles. The van der Waals surface area contributed by atoms with Crippen LogP contribution in [0.5, 0.6) is 0 Å². The first-order valence-corrected chi connectivity index (χ1v) is 7.84. The van der Waals surface area contributed by atoms with E-state index >= 15 is 0 Å². The summed E-state index contributed by atoms with van der Waals surface area (Å²) in [5.41, 5.74) is 2.83. The van der Waals surface area contributed by atoms with Crippen LogP contribution in [0, 0.1) is 12.7 Å². The molecule has 2 aromatic carbocycles. The van der Waals surface area contributed by atoms with E-state index in [1.54, 1.807) is 6.07 Å². The second-order valence-corrected chi connectivity index (χ2v) is 6.15. The molecule has 3 nitrogen and oxygen atoms in total. The number of hydrogen-bond donors (Lipinski definition) is 1. The number of aromatic nitrogens is 1. The summed E-state index contributed by atoms with van der Waals surface area (Å²) in [4.78, 5) is 16.4. The van der Waals surface area contributed by atoms with Gasteiger partial charge in [0.25, 0.3) is 0 Å². The molecule has 3 aromatic rings. The predicted octanol–water partition coefficient (Wildman–Crippen LogP) is 4.32. The second kappa shape index (κ2) is 6.23. The van der Waals surface area contributed by atoms with Gasteiger partial charge in [0.15, 0.2) is 5.13 Å². The molecule has 1 amide bonds. The van der Waals surface area contributed by atoms with Crippen molar-refractivity contribution in [3.63, 3.8) is 0 Å². The maximum Gasteiger partial charge on any atom is 0.226 e. The van der Waals surface area contributed by atoms with Crippen molar-refractivity contribution in [1.29, 1.82) is 0 Å². The van der Waals surface area contributed by atoms with Crippen molar-refractivity contribution in [2.24, 2.45) is 0 Å². The van der Waals surface area contributed by atoms with Crippen molar-refractivity contribution in [2.75, 3.05) is 5.32 Å². The highest BCUT2D eigenvalue weighted by Crippen LogP contribution is 2.27. The molecule has 0 aliphatic heterocycles. The van der Waals surface area contributed by atoms with Gasteiger partial charge in [0.2, 0.25) is 5.91 Å². The Morgan fingerprint density at radius 3 is 2.86 bits per heavy atom. The first-order valence-electron chi connectivity index (χ1n) is 7.02. The molecule has 3 rings (SSSR count). The highest BCUT2D eigenvalue weighted by atomic mass is 32.1. The van der Waals surface area contributed by atoms with Crippen LogP contribution in [0.25, 0.3) is 10.2 Å². The number of fused-ring (bicyclic) bond motifs is 1. The monoisotopic (exact) mass is 314 g/mol. The van der Waals surface area contributed by atoms with E-state index in [1.165, 1.54) is 23.5 Å². The highest BCUT2D eigenvalue weighted by Gasteiger charge is 2.09. The van der Waals surface area contributed by atoms with Gasteiger partial charge in [-0.15, -0.1) is 0 Å². The Bertz CT molecular complexity index is 828. The number of nitrogens with one attached hydrogen (secondary N) is 1. The van der Waals surface area contributed by atoms with Gasteiger partial charge >= 0.3 is 0 Å². The van der Waals surface area contributed by atoms with Gasteiger partial charge in [-0.2, -0.15) is 0 Å². The summed E-state index contributed by atoms with van der Waals surface area (Å²) in [6.07, 6.45) is 0.811. The van der Waals surface area contributed by atoms with E-state index in [2.05, 4.69) is 10.3 Å². The lowest BCUT2D eigenvalue weighted by Crippen LogP contribution is -2.12. The summed E-state index contributed by atoms with van der Waals surface area (Å²) in [6, 6.07) is 12.3. The molecule has 0 radical (unpaired) electrons. The Balaban J connectivity index is 1.64. The van der Waals surface area contributed by atoms with Crippen LogP contribution in [0.2, 0.25) is 0 Å². The Labute approximate surface area is 131 Å². The zero-order valence-corrected chi connectivity index (χ0v) is 12.9. The standard InChI is InChI=1S/C17H15FN2OS/c1-11-4-2-7-14-16(11)20-17(22-14)19-15(21)9-8-12-5-3-6-13(18)10-12/h2-7,10H,8-9H2,1H3,(H,19,20,21). The van der Waals surface area contributed by atoms with E-state index in [9.17, 15) is 9.18 Å². The summed E-state index contributed by atoms with van der Waals surface area (Å²) >= 11 is 1.46. The van der Waals surface area contributed by atoms with Crippen molar-refractivity contribution < 1.29 is 9.18 Å². The number of thiazole rings is 1. The molecule has 0 unspecified atom stereocenters. The fraction of sp³-hybridized carbons (Fsp3) is 0.176. The lowest BCUT2D eigenvalue weighted by Gasteiger charge is -2.02. The minimum absolute atomic E-state index is 0.110. The van der Waals surface area contributed by atoms with Gasteiger partial charge in [0.1, 0.15) is 5.82 Å². The number of carbonyl (C=O) groups excluding carboxylic acids is 1. The predicted molar refractivity (Wildman–Crippen MR) is 87.7 cm³/mol. The van der Waals surface area contributed by atoms with E-state index in [-0.39, 0.29) is 11.7 Å². The van der Waals surface area contributed by atoms with Gasteiger partial charge in [0.05, 0.1) is 10.2 Å². The molecule has 0 saturated heterocycles. The number of halogens is 1. The first kappa shape index (κ1) is 14.7. The fourth-order valence-corrected chi connectivity index (χ4v) is 3.23. The number of nitrogens with zero attached hydrogens (tertiary/aromatic N) is 1. The van der Waals surface area contributed by atoms with Gasteiger partial charge in [-0.3, -0.25) is 4.79 Å². The molecule has 0 bridgehead atoms. The number of amides is 1. The van der Waals surface area contributed by atoms with Crippen LogP contribution >= 0.6 is 11.3 Å². The van der Waals surface area contributed by atoms with Crippen LogP contribution in [0.15, 0.2) is 42.5 Å². The molecule has 0 fully saturated rings. The molecule has 22 heavy (non-hydrogen) atoms. The smallest absolute Gasteiger partial charge is 0.226 e. The fourth-order valence-electron chi connectivity index (χ4n) is 2.27. The third-order valence-corrected chi connectivity index (χ3v) is 4.33. The van der Waals surface area contributed by atoms with E-state index in [0.29, 0.717) is 18.0 Å². The third-order valence-electron chi connectivity index (χ3n) is 3.40. The molecule has 0 aliphatic rings. The molecule has 112 valence electrons. The largest absolute Gasteiger partial charge is 0.302 e. The minimum Gasteiger partial charge on any atom is -0.302 e. The molecule has 0 spiro atoms. The number of benzene rings is 2. The van der Waals surface area contributed by atoms with Crippen molar-refractivity contribution in [1.82, 2.24) is 4.98 Å². The number of aryl methyl sites for hydroxylation is 2. The maximum atomic E-state index is 13.1. The van der Waals surface area contributed by atoms with Gasteiger partial charge in [-0.1, -0.05) is 35.6 Å². The SMILES string of the molecule is Cc1cccc2sc(NC(=O)CCc3cccc(F)c3)nc12. The normalized spacial score (nSPS) is 10.8. The Hall–Kier alpha value is -2.27. The molecular formula is C17H15FN2OS. The van der Waals surface area contributed by atoms with Crippen LogP contribution in [-0.2, 0) is 11.2 Å². The van der Waals surface area contributed by atoms with Gasteiger partial charge in [-0.05, 0) is 42.7 Å². The molecular weight excluding hydrogens is 299 g/mol. The summed E-state index contributed by atoms with van der Waals surface area (Å²) in [6.45, 7) is 2.00. The van der Waals surface area contributed by atoms with E-state index in [1.807, 2.05) is 31.2 Å². The summed E-state index contributed by atoms with van der Waals surface area (Å²) in [7, 11) is 0. The summed E-state index contributed by atoms with van der Waals surface area (Å²) in [5, 5.41) is 3.42. The van der Waals surface area contributed by atoms with Crippen LogP contribution in [-0.4, -0.2) is 10.9 Å². The Kier molecular flexibility index (Phi) is 4.15. The Morgan fingerprint density at radius 1 is 1.27 bits per heavy atom. The summed E-state index contributed by atoms with van der Waals surface area (Å²) in [5.74, 6) is -0.388. The van der Waals surface area contributed by atoms with E-state index in [0.717, 1.165) is 21.3 Å². The zero-order valence-electron chi connectivity index (χ0n) is 12.1. The van der Waals surface area contributed by atoms with Gasteiger partial charge < -0.3 is 5.32 Å². The van der Waals surface area contributed by atoms with Crippen molar-refractivity contribution in [3.05, 3.63) is 59.4 Å². The number of carbonyl (C=O) groups is 1. The zero-order chi connectivity index (χ0) is 15.5. The van der Waals surface area contributed by atoms with Crippen molar-refractivity contribution in [2.45, 2.75) is 19.8 Å². The van der Waals surface area contributed by atoms with Crippen LogP contribution in [0.3, 0.4) is 0 Å². The third kappa shape index (κ3) is 3.31. The molecule has 1 heterocycles. The minimum atomic E-state index is -0.278. The van der Waals surface area contributed by atoms with E-state index in [4.69, 9.17) is 0 Å². The van der Waals surface area contributed by atoms with Gasteiger partial charge in [0, 0.05) is 6.42 Å².